The SMILES string of the molecule is COc1cc(C2CNC(=O)N2Cc2cccc(C)c2)ccc1-c1ccncc1. The molecule has 142 valence electrons. The molecule has 4 rings (SSSR count). The Morgan fingerprint density at radius 1 is 1.14 bits per heavy atom. The number of nitrogens with one attached hydrogen (secondary N) is 1. The number of methoxy groups -OCH3 is 1. The average Bonchev–Trinajstić information content (AvgIpc) is 3.08. The number of carbonyl (C=O) groups excluding carboxylic acids is 1. The molecule has 2 heterocycles. The first-order valence-electron chi connectivity index (χ1n) is 9.34. The van der Waals surface area contributed by atoms with Crippen LogP contribution in [0.25, 0.3) is 11.1 Å². The average molecular weight is 373 g/mol. The van der Waals surface area contributed by atoms with Gasteiger partial charge < -0.3 is 15.0 Å². The van der Waals surface area contributed by atoms with E-state index in [-0.39, 0.29) is 12.1 Å². The molecule has 1 aliphatic rings. The van der Waals surface area contributed by atoms with Crippen LogP contribution in [-0.4, -0.2) is 29.6 Å². The molecule has 0 saturated carbocycles. The molecule has 28 heavy (non-hydrogen) atoms. The molecule has 0 aliphatic carbocycles. The van der Waals surface area contributed by atoms with Crippen molar-refractivity contribution < 1.29 is 9.53 Å². The minimum Gasteiger partial charge on any atom is -0.496 e. The predicted molar refractivity (Wildman–Crippen MR) is 109 cm³/mol. The Kier molecular flexibility index (Phi) is 4.98. The lowest BCUT2D eigenvalue weighted by Crippen LogP contribution is -2.29. The van der Waals surface area contributed by atoms with Crippen LogP contribution in [0.1, 0.15) is 22.7 Å². The zero-order valence-corrected chi connectivity index (χ0v) is 16.1. The number of amides is 2. The fourth-order valence-corrected chi connectivity index (χ4v) is 3.71. The summed E-state index contributed by atoms with van der Waals surface area (Å²) in [4.78, 5) is 18.4. The third kappa shape index (κ3) is 3.56. The van der Waals surface area contributed by atoms with Gasteiger partial charge in [0, 0.05) is 31.0 Å². The smallest absolute Gasteiger partial charge is 0.318 e. The molecular weight excluding hydrogens is 350 g/mol. The number of benzene rings is 2. The molecule has 2 aromatic carbocycles. The number of rotatable bonds is 5. The third-order valence-electron chi connectivity index (χ3n) is 5.12. The standard InChI is InChI=1S/C23H23N3O2/c1-16-4-3-5-17(12-16)15-26-21(14-25-23(26)27)19-6-7-20(22(13-19)28-2)18-8-10-24-11-9-18/h3-13,21H,14-15H2,1-2H3,(H,25,27). The van der Waals surface area contributed by atoms with Gasteiger partial charge in [0.15, 0.2) is 0 Å². The number of carbonyl (C=O) groups is 1. The second-order valence-corrected chi connectivity index (χ2v) is 7.01. The summed E-state index contributed by atoms with van der Waals surface area (Å²) in [5.41, 5.74) is 5.44. The van der Waals surface area contributed by atoms with Gasteiger partial charge in [-0.2, -0.15) is 0 Å². The van der Waals surface area contributed by atoms with Crippen molar-refractivity contribution in [2.45, 2.75) is 19.5 Å². The maximum Gasteiger partial charge on any atom is 0.318 e. The van der Waals surface area contributed by atoms with Crippen LogP contribution in [0.4, 0.5) is 4.79 Å². The highest BCUT2D eigenvalue weighted by atomic mass is 16.5. The van der Waals surface area contributed by atoms with Crippen LogP contribution >= 0.6 is 0 Å². The molecule has 0 spiro atoms. The summed E-state index contributed by atoms with van der Waals surface area (Å²) in [7, 11) is 1.67. The van der Waals surface area contributed by atoms with Crippen molar-refractivity contribution in [3.63, 3.8) is 0 Å². The molecule has 0 radical (unpaired) electrons. The van der Waals surface area contributed by atoms with Crippen LogP contribution in [0, 0.1) is 6.92 Å². The number of hydrogen-bond acceptors (Lipinski definition) is 3. The number of ether oxygens (including phenoxy) is 1. The molecule has 0 bridgehead atoms. The van der Waals surface area contributed by atoms with Gasteiger partial charge in [0.1, 0.15) is 5.75 Å². The molecular formula is C23H23N3O2. The van der Waals surface area contributed by atoms with Crippen molar-refractivity contribution in [2.75, 3.05) is 13.7 Å². The lowest BCUT2D eigenvalue weighted by Gasteiger charge is -2.24. The third-order valence-corrected chi connectivity index (χ3v) is 5.12. The molecule has 1 unspecified atom stereocenters. The first kappa shape index (κ1) is 18.0. The Hall–Kier alpha value is -3.34. The Balaban J connectivity index is 1.64. The van der Waals surface area contributed by atoms with Crippen molar-refractivity contribution in [3.8, 4) is 16.9 Å². The molecule has 1 aliphatic heterocycles. The summed E-state index contributed by atoms with van der Waals surface area (Å²) < 4.78 is 5.65. The Bertz CT molecular complexity index is 988. The summed E-state index contributed by atoms with van der Waals surface area (Å²) in [6.07, 6.45) is 3.54. The molecule has 5 nitrogen and oxygen atoms in total. The summed E-state index contributed by atoms with van der Waals surface area (Å²) in [6.45, 7) is 3.22. The van der Waals surface area contributed by atoms with Gasteiger partial charge in [-0.3, -0.25) is 4.98 Å². The van der Waals surface area contributed by atoms with Gasteiger partial charge in [0.25, 0.3) is 0 Å². The number of pyridine rings is 1. The number of urea groups is 1. The summed E-state index contributed by atoms with van der Waals surface area (Å²) >= 11 is 0. The first-order chi connectivity index (χ1) is 13.7. The lowest BCUT2D eigenvalue weighted by atomic mass is 9.99. The maximum atomic E-state index is 12.5. The molecule has 3 aromatic rings. The number of nitrogens with zero attached hydrogens (tertiary/aromatic N) is 2. The van der Waals surface area contributed by atoms with Gasteiger partial charge >= 0.3 is 6.03 Å². The largest absolute Gasteiger partial charge is 0.496 e. The quantitative estimate of drug-likeness (QED) is 0.724. The molecule has 5 heteroatoms. The van der Waals surface area contributed by atoms with Gasteiger partial charge in [0.05, 0.1) is 13.2 Å². The summed E-state index contributed by atoms with van der Waals surface area (Å²) in [6, 6.07) is 18.3. The van der Waals surface area contributed by atoms with E-state index in [9.17, 15) is 4.79 Å². The van der Waals surface area contributed by atoms with E-state index in [1.165, 1.54) is 5.56 Å². The van der Waals surface area contributed by atoms with Gasteiger partial charge in [0.2, 0.25) is 0 Å². The van der Waals surface area contributed by atoms with E-state index in [1.807, 2.05) is 29.2 Å². The fourth-order valence-electron chi connectivity index (χ4n) is 3.71. The molecule has 1 fully saturated rings. The van der Waals surface area contributed by atoms with Gasteiger partial charge in [-0.05, 0) is 41.8 Å². The monoisotopic (exact) mass is 373 g/mol. The lowest BCUT2D eigenvalue weighted by molar-refractivity contribution is 0.201. The zero-order valence-electron chi connectivity index (χ0n) is 16.1. The maximum absolute atomic E-state index is 12.5. The van der Waals surface area contributed by atoms with Crippen LogP contribution in [0.15, 0.2) is 67.0 Å². The fraction of sp³-hybridized carbons (Fsp3) is 0.217. The highest BCUT2D eigenvalue weighted by Crippen LogP contribution is 2.35. The van der Waals surface area contributed by atoms with E-state index in [0.29, 0.717) is 13.1 Å². The van der Waals surface area contributed by atoms with Gasteiger partial charge in [-0.25, -0.2) is 4.79 Å². The van der Waals surface area contributed by atoms with E-state index in [2.05, 4.69) is 47.6 Å². The van der Waals surface area contributed by atoms with Crippen molar-refractivity contribution in [1.29, 1.82) is 0 Å². The molecule has 1 N–H and O–H groups in total. The first-order valence-corrected chi connectivity index (χ1v) is 9.34. The van der Waals surface area contributed by atoms with E-state index in [4.69, 9.17) is 4.74 Å². The summed E-state index contributed by atoms with van der Waals surface area (Å²) in [5.74, 6) is 0.790. The highest BCUT2D eigenvalue weighted by molar-refractivity contribution is 5.78. The van der Waals surface area contributed by atoms with Crippen LogP contribution in [0.3, 0.4) is 0 Å². The zero-order chi connectivity index (χ0) is 19.5. The van der Waals surface area contributed by atoms with Crippen molar-refractivity contribution in [1.82, 2.24) is 15.2 Å². The van der Waals surface area contributed by atoms with Crippen LogP contribution < -0.4 is 10.1 Å². The van der Waals surface area contributed by atoms with Gasteiger partial charge in [-0.1, -0.05) is 42.0 Å². The highest BCUT2D eigenvalue weighted by Gasteiger charge is 2.32. The predicted octanol–water partition coefficient (Wildman–Crippen LogP) is 4.33. The topological polar surface area (TPSA) is 54.5 Å². The van der Waals surface area contributed by atoms with Gasteiger partial charge in [-0.15, -0.1) is 0 Å². The number of hydrogen-bond donors (Lipinski definition) is 1. The normalized spacial score (nSPS) is 16.1. The van der Waals surface area contributed by atoms with Crippen molar-refractivity contribution >= 4 is 6.03 Å². The molecule has 1 aromatic heterocycles. The minimum absolute atomic E-state index is 0.0339. The second kappa shape index (κ2) is 7.72. The Labute approximate surface area is 165 Å². The van der Waals surface area contributed by atoms with Crippen LogP contribution in [-0.2, 0) is 6.54 Å². The molecule has 1 saturated heterocycles. The summed E-state index contributed by atoms with van der Waals surface area (Å²) in [5, 5.41) is 2.97. The van der Waals surface area contributed by atoms with E-state index in [0.717, 1.165) is 28.0 Å². The van der Waals surface area contributed by atoms with E-state index in [1.54, 1.807) is 19.5 Å². The van der Waals surface area contributed by atoms with Crippen molar-refractivity contribution in [3.05, 3.63) is 83.7 Å². The van der Waals surface area contributed by atoms with Crippen LogP contribution in [0.2, 0.25) is 0 Å². The number of aromatic nitrogens is 1. The minimum atomic E-state index is -0.0383. The Morgan fingerprint density at radius 2 is 1.96 bits per heavy atom. The Morgan fingerprint density at radius 3 is 2.71 bits per heavy atom. The molecule has 1 atom stereocenters. The van der Waals surface area contributed by atoms with E-state index < -0.39 is 0 Å². The number of aryl methyl sites for hydroxylation is 1. The van der Waals surface area contributed by atoms with Crippen LogP contribution in [0.5, 0.6) is 5.75 Å². The van der Waals surface area contributed by atoms with E-state index >= 15 is 0 Å². The molecule has 2 amide bonds. The second-order valence-electron chi connectivity index (χ2n) is 7.01. The van der Waals surface area contributed by atoms with Crippen molar-refractivity contribution in [2.24, 2.45) is 0 Å².